The molecule has 0 spiro atoms. The lowest BCUT2D eigenvalue weighted by atomic mass is 10.3. The topological polar surface area (TPSA) is 82.8 Å². The van der Waals surface area contributed by atoms with Crippen molar-refractivity contribution in [3.05, 3.63) is 18.3 Å². The van der Waals surface area contributed by atoms with Crippen LogP contribution in [0, 0.1) is 5.92 Å². The molecular formula is C10H13N5O. The van der Waals surface area contributed by atoms with Crippen LogP contribution in [0.25, 0.3) is 11.4 Å². The van der Waals surface area contributed by atoms with E-state index in [9.17, 15) is 0 Å². The summed E-state index contributed by atoms with van der Waals surface area (Å²) in [6, 6.07) is 0. The van der Waals surface area contributed by atoms with Gasteiger partial charge in [-0.3, -0.25) is 4.68 Å². The molecule has 0 bridgehead atoms. The van der Waals surface area contributed by atoms with Gasteiger partial charge in [0.05, 0.1) is 18.3 Å². The third-order valence-electron chi connectivity index (χ3n) is 2.68. The lowest BCUT2D eigenvalue weighted by molar-refractivity contribution is 0.380. The molecule has 2 aromatic rings. The number of rotatable bonds is 4. The summed E-state index contributed by atoms with van der Waals surface area (Å²) in [4.78, 5) is 4.15. The highest BCUT2D eigenvalue weighted by molar-refractivity contribution is 5.50. The maximum Gasteiger partial charge on any atom is 0.240 e. The average molecular weight is 219 g/mol. The molecule has 3 rings (SSSR count). The first kappa shape index (κ1) is 9.53. The van der Waals surface area contributed by atoms with Crippen molar-refractivity contribution >= 4 is 0 Å². The second-order valence-corrected chi connectivity index (χ2v) is 4.11. The van der Waals surface area contributed by atoms with Gasteiger partial charge in [-0.2, -0.15) is 10.1 Å². The lowest BCUT2D eigenvalue weighted by Crippen LogP contribution is -1.99. The molecule has 2 heterocycles. The predicted octanol–water partition coefficient (Wildman–Crippen LogP) is 0.802. The Balaban J connectivity index is 1.79. The van der Waals surface area contributed by atoms with E-state index in [-0.39, 0.29) is 6.54 Å². The molecule has 0 aliphatic heterocycles. The summed E-state index contributed by atoms with van der Waals surface area (Å²) in [5.74, 6) is 1.81. The molecule has 0 atom stereocenters. The van der Waals surface area contributed by atoms with Crippen LogP contribution in [0.15, 0.2) is 16.9 Å². The van der Waals surface area contributed by atoms with Gasteiger partial charge in [-0.25, -0.2) is 0 Å². The van der Waals surface area contributed by atoms with Gasteiger partial charge in [-0.05, 0) is 18.8 Å². The monoisotopic (exact) mass is 219 g/mol. The van der Waals surface area contributed by atoms with Crippen molar-refractivity contribution in [1.29, 1.82) is 0 Å². The summed E-state index contributed by atoms with van der Waals surface area (Å²) < 4.78 is 6.88. The highest BCUT2D eigenvalue weighted by atomic mass is 16.5. The summed E-state index contributed by atoms with van der Waals surface area (Å²) >= 11 is 0. The van der Waals surface area contributed by atoms with Gasteiger partial charge >= 0.3 is 0 Å². The number of hydrogen-bond donors (Lipinski definition) is 1. The smallest absolute Gasteiger partial charge is 0.240 e. The van der Waals surface area contributed by atoms with Crippen molar-refractivity contribution < 1.29 is 4.52 Å². The van der Waals surface area contributed by atoms with Crippen LogP contribution in [0.3, 0.4) is 0 Å². The Bertz CT molecular complexity index is 485. The fourth-order valence-electron chi connectivity index (χ4n) is 1.60. The molecule has 2 aromatic heterocycles. The molecule has 84 valence electrons. The highest BCUT2D eigenvalue weighted by Gasteiger charge is 2.22. The van der Waals surface area contributed by atoms with Gasteiger partial charge in [0.25, 0.3) is 0 Å². The van der Waals surface area contributed by atoms with E-state index >= 15 is 0 Å². The minimum absolute atomic E-state index is 0.267. The van der Waals surface area contributed by atoms with E-state index in [1.54, 1.807) is 6.20 Å². The molecule has 6 nitrogen and oxygen atoms in total. The lowest BCUT2D eigenvalue weighted by Gasteiger charge is -1.95. The molecule has 0 saturated heterocycles. The Labute approximate surface area is 92.4 Å². The van der Waals surface area contributed by atoms with Crippen molar-refractivity contribution in [2.75, 3.05) is 0 Å². The Morgan fingerprint density at radius 1 is 1.50 bits per heavy atom. The summed E-state index contributed by atoms with van der Waals surface area (Å²) in [6.07, 6.45) is 6.33. The van der Waals surface area contributed by atoms with Crippen LogP contribution in [0.1, 0.15) is 18.7 Å². The molecule has 2 N–H and O–H groups in total. The SMILES string of the molecule is NCc1nc(-c2cnn(CC3CC3)c2)no1. The van der Waals surface area contributed by atoms with Crippen molar-refractivity contribution in [1.82, 2.24) is 19.9 Å². The van der Waals surface area contributed by atoms with Crippen molar-refractivity contribution in [3.63, 3.8) is 0 Å². The normalized spacial score (nSPS) is 15.6. The summed E-state index contributed by atoms with van der Waals surface area (Å²) in [7, 11) is 0. The molecule has 6 heteroatoms. The van der Waals surface area contributed by atoms with Gasteiger partial charge < -0.3 is 10.3 Å². The summed E-state index contributed by atoms with van der Waals surface area (Å²) in [5, 5.41) is 8.12. The van der Waals surface area contributed by atoms with E-state index in [2.05, 4.69) is 15.2 Å². The third-order valence-corrected chi connectivity index (χ3v) is 2.68. The highest BCUT2D eigenvalue weighted by Crippen LogP contribution is 2.30. The number of hydrogen-bond acceptors (Lipinski definition) is 5. The van der Waals surface area contributed by atoms with Crippen LogP contribution < -0.4 is 5.73 Å². The van der Waals surface area contributed by atoms with Gasteiger partial charge in [0, 0.05) is 12.7 Å². The number of aromatic nitrogens is 4. The zero-order valence-corrected chi connectivity index (χ0v) is 8.83. The van der Waals surface area contributed by atoms with E-state index in [1.165, 1.54) is 12.8 Å². The Morgan fingerprint density at radius 2 is 2.38 bits per heavy atom. The Kier molecular flexibility index (Phi) is 2.21. The van der Waals surface area contributed by atoms with Gasteiger partial charge in [0.2, 0.25) is 11.7 Å². The minimum Gasteiger partial charge on any atom is -0.338 e. The zero-order valence-electron chi connectivity index (χ0n) is 8.83. The van der Waals surface area contributed by atoms with Crippen LogP contribution >= 0.6 is 0 Å². The molecule has 0 radical (unpaired) electrons. The summed E-state index contributed by atoms with van der Waals surface area (Å²) in [5.41, 5.74) is 6.28. The first-order valence-electron chi connectivity index (χ1n) is 5.40. The van der Waals surface area contributed by atoms with E-state index < -0.39 is 0 Å². The molecular weight excluding hydrogens is 206 g/mol. The molecule has 1 saturated carbocycles. The van der Waals surface area contributed by atoms with Crippen LogP contribution in [0.5, 0.6) is 0 Å². The fraction of sp³-hybridized carbons (Fsp3) is 0.500. The maximum atomic E-state index is 5.40. The van der Waals surface area contributed by atoms with Crippen LogP contribution in [0.2, 0.25) is 0 Å². The quantitative estimate of drug-likeness (QED) is 0.822. The minimum atomic E-state index is 0.267. The molecule has 16 heavy (non-hydrogen) atoms. The Hall–Kier alpha value is -1.69. The van der Waals surface area contributed by atoms with E-state index in [0.717, 1.165) is 18.0 Å². The van der Waals surface area contributed by atoms with E-state index in [0.29, 0.717) is 11.7 Å². The second kappa shape index (κ2) is 3.71. The van der Waals surface area contributed by atoms with Crippen molar-refractivity contribution in [2.24, 2.45) is 11.7 Å². The molecule has 1 fully saturated rings. The third kappa shape index (κ3) is 1.83. The van der Waals surface area contributed by atoms with Gasteiger partial charge in [-0.15, -0.1) is 0 Å². The van der Waals surface area contributed by atoms with Crippen LogP contribution in [-0.4, -0.2) is 19.9 Å². The van der Waals surface area contributed by atoms with Crippen LogP contribution in [-0.2, 0) is 13.1 Å². The largest absolute Gasteiger partial charge is 0.338 e. The summed E-state index contributed by atoms with van der Waals surface area (Å²) in [6.45, 7) is 1.25. The first-order valence-corrected chi connectivity index (χ1v) is 5.40. The van der Waals surface area contributed by atoms with Gasteiger partial charge in [0.1, 0.15) is 0 Å². The zero-order chi connectivity index (χ0) is 11.0. The predicted molar refractivity (Wildman–Crippen MR) is 56.1 cm³/mol. The molecule has 1 aliphatic carbocycles. The number of nitrogens with two attached hydrogens (primary N) is 1. The van der Waals surface area contributed by atoms with E-state index in [4.69, 9.17) is 10.3 Å². The number of nitrogens with zero attached hydrogens (tertiary/aromatic N) is 4. The van der Waals surface area contributed by atoms with Crippen molar-refractivity contribution in [2.45, 2.75) is 25.9 Å². The second-order valence-electron chi connectivity index (χ2n) is 4.11. The molecule has 0 amide bonds. The molecule has 0 unspecified atom stereocenters. The molecule has 1 aliphatic rings. The standard InChI is InChI=1S/C10H13N5O/c11-3-9-13-10(14-16-9)8-4-12-15(6-8)5-7-1-2-7/h4,6-7H,1-3,5,11H2. The van der Waals surface area contributed by atoms with Crippen LogP contribution in [0.4, 0.5) is 0 Å². The van der Waals surface area contributed by atoms with Crippen molar-refractivity contribution in [3.8, 4) is 11.4 Å². The Morgan fingerprint density at radius 3 is 3.06 bits per heavy atom. The maximum absolute atomic E-state index is 5.40. The van der Waals surface area contributed by atoms with Gasteiger partial charge in [-0.1, -0.05) is 5.16 Å². The average Bonchev–Trinajstić information content (AvgIpc) is 2.83. The van der Waals surface area contributed by atoms with E-state index in [1.807, 2.05) is 10.9 Å². The molecule has 0 aromatic carbocycles. The fourth-order valence-corrected chi connectivity index (χ4v) is 1.60. The first-order chi connectivity index (χ1) is 7.85. The van der Waals surface area contributed by atoms with Gasteiger partial charge in [0.15, 0.2) is 0 Å².